The molecule has 82 valence electrons. The molecule has 0 amide bonds. The van der Waals surface area contributed by atoms with Crippen LogP contribution in [0.2, 0.25) is 0 Å². The largest absolute Gasteiger partial charge is 0.298 e. The average molecular weight is 251 g/mol. The lowest BCUT2D eigenvalue weighted by atomic mass is 10.1. The van der Waals surface area contributed by atoms with Crippen molar-refractivity contribution in [1.82, 2.24) is 0 Å². The summed E-state index contributed by atoms with van der Waals surface area (Å²) in [4.78, 5) is 10.6. The first-order valence-electron chi connectivity index (χ1n) is 4.00. The Morgan fingerprint density at radius 1 is 1.47 bits per heavy atom. The summed E-state index contributed by atoms with van der Waals surface area (Å²) in [5, 5.41) is 0. The molecule has 0 aliphatic rings. The van der Waals surface area contributed by atoms with Crippen molar-refractivity contribution in [2.24, 2.45) is 0 Å². The average Bonchev–Trinajstić information content (AvgIpc) is 2.08. The maximum Gasteiger partial charge on any atom is 0.236 e. The molecule has 0 heterocycles. The summed E-state index contributed by atoms with van der Waals surface area (Å²) in [7, 11) is 1.23. The van der Waals surface area contributed by atoms with E-state index < -0.39 is 20.6 Å². The van der Waals surface area contributed by atoms with Gasteiger partial charge in [-0.25, -0.2) is 12.8 Å². The molecule has 0 aliphatic carbocycles. The number of hydrogen-bond donors (Lipinski definition) is 0. The topological polar surface area (TPSA) is 51.2 Å². The van der Waals surface area contributed by atoms with E-state index in [1.807, 2.05) is 0 Å². The summed E-state index contributed by atoms with van der Waals surface area (Å²) >= 11 is 0. The highest BCUT2D eigenvalue weighted by Crippen LogP contribution is 2.18. The summed E-state index contributed by atoms with van der Waals surface area (Å²) in [6.07, 6.45) is 0.476. The summed E-state index contributed by atoms with van der Waals surface area (Å²) < 4.78 is 34.7. The molecule has 1 aromatic carbocycles. The van der Waals surface area contributed by atoms with Crippen LogP contribution in [0.25, 0.3) is 0 Å². The van der Waals surface area contributed by atoms with Crippen LogP contribution in [0.3, 0.4) is 0 Å². The fourth-order valence-electron chi connectivity index (χ4n) is 1.17. The Morgan fingerprint density at radius 3 is 2.53 bits per heavy atom. The molecule has 0 aliphatic heterocycles. The number of benzene rings is 1. The van der Waals surface area contributed by atoms with Crippen molar-refractivity contribution in [2.75, 3.05) is 0 Å². The van der Waals surface area contributed by atoms with Gasteiger partial charge in [-0.3, -0.25) is 4.79 Å². The van der Waals surface area contributed by atoms with Gasteiger partial charge < -0.3 is 0 Å². The fraction of sp³-hybridized carbons (Fsp3) is 0.222. The number of aldehydes is 1. The lowest BCUT2D eigenvalue weighted by molar-refractivity contribution is 0.112. The normalized spacial score (nSPS) is 11.4. The predicted molar refractivity (Wildman–Crippen MR) is 55.0 cm³/mol. The second kappa shape index (κ2) is 4.28. The van der Waals surface area contributed by atoms with Crippen molar-refractivity contribution in [1.29, 1.82) is 0 Å². The van der Waals surface area contributed by atoms with Gasteiger partial charge in [-0.05, 0) is 30.2 Å². The second-order valence-corrected chi connectivity index (χ2v) is 5.88. The molecule has 0 saturated carbocycles. The monoisotopic (exact) mass is 250 g/mol. The minimum atomic E-state index is -3.79. The van der Waals surface area contributed by atoms with Crippen molar-refractivity contribution in [3.63, 3.8) is 0 Å². The molecular weight excluding hydrogens is 243 g/mol. The standard InChI is InChI=1S/C9H8ClFO3S/c1-6-2-7(4-12)8(3-9(6)11)5-15(10,13)14/h2-4H,5H2,1H3. The van der Waals surface area contributed by atoms with Gasteiger partial charge in [0, 0.05) is 16.2 Å². The number of hydrogen-bond acceptors (Lipinski definition) is 3. The third-order valence-corrected chi connectivity index (χ3v) is 2.86. The highest BCUT2D eigenvalue weighted by Gasteiger charge is 2.13. The van der Waals surface area contributed by atoms with E-state index in [2.05, 4.69) is 0 Å². The van der Waals surface area contributed by atoms with Gasteiger partial charge in [0.1, 0.15) is 12.1 Å². The first-order valence-corrected chi connectivity index (χ1v) is 6.48. The van der Waals surface area contributed by atoms with Gasteiger partial charge in [0.05, 0.1) is 5.75 Å². The molecule has 3 nitrogen and oxygen atoms in total. The number of aryl methyl sites for hydroxylation is 1. The van der Waals surface area contributed by atoms with Crippen LogP contribution in [-0.2, 0) is 14.8 Å². The first-order chi connectivity index (χ1) is 6.83. The lowest BCUT2D eigenvalue weighted by Crippen LogP contribution is -2.01. The van der Waals surface area contributed by atoms with E-state index in [0.717, 1.165) is 6.07 Å². The van der Waals surface area contributed by atoms with Crippen molar-refractivity contribution in [3.8, 4) is 0 Å². The smallest absolute Gasteiger partial charge is 0.236 e. The molecule has 15 heavy (non-hydrogen) atoms. The molecule has 6 heteroatoms. The van der Waals surface area contributed by atoms with Gasteiger partial charge in [-0.1, -0.05) is 0 Å². The Labute approximate surface area is 91.3 Å². The van der Waals surface area contributed by atoms with Gasteiger partial charge in [-0.2, -0.15) is 0 Å². The molecule has 0 saturated heterocycles. The Morgan fingerprint density at radius 2 is 2.07 bits per heavy atom. The maximum absolute atomic E-state index is 13.1. The zero-order valence-corrected chi connectivity index (χ0v) is 9.40. The Hall–Kier alpha value is -0.940. The summed E-state index contributed by atoms with van der Waals surface area (Å²) in [5.74, 6) is -1.12. The van der Waals surface area contributed by atoms with E-state index in [1.165, 1.54) is 13.0 Å². The highest BCUT2D eigenvalue weighted by atomic mass is 35.7. The van der Waals surface area contributed by atoms with Crippen molar-refractivity contribution >= 4 is 26.0 Å². The first kappa shape index (κ1) is 12.1. The lowest BCUT2D eigenvalue weighted by Gasteiger charge is -2.04. The Balaban J connectivity index is 3.28. The van der Waals surface area contributed by atoms with Crippen LogP contribution in [0.4, 0.5) is 4.39 Å². The molecule has 0 atom stereocenters. The summed E-state index contributed by atoms with van der Waals surface area (Å²) in [6.45, 7) is 1.49. The predicted octanol–water partition coefficient (Wildman–Crippen LogP) is 2.02. The third kappa shape index (κ3) is 3.28. The Bertz CT molecular complexity index is 496. The van der Waals surface area contributed by atoms with E-state index in [9.17, 15) is 17.6 Å². The van der Waals surface area contributed by atoms with Crippen molar-refractivity contribution in [3.05, 3.63) is 34.6 Å². The number of carbonyl (C=O) groups is 1. The quantitative estimate of drug-likeness (QED) is 0.609. The van der Waals surface area contributed by atoms with Crippen molar-refractivity contribution < 1.29 is 17.6 Å². The zero-order chi connectivity index (χ0) is 11.6. The molecule has 0 fully saturated rings. The van der Waals surface area contributed by atoms with E-state index in [-0.39, 0.29) is 16.7 Å². The number of halogens is 2. The SMILES string of the molecule is Cc1cc(C=O)c(CS(=O)(=O)Cl)cc1F. The van der Waals surface area contributed by atoms with Gasteiger partial charge in [0.2, 0.25) is 9.05 Å². The van der Waals surface area contributed by atoms with Crippen LogP contribution in [0.15, 0.2) is 12.1 Å². The number of carbonyl (C=O) groups excluding carboxylic acids is 1. The van der Waals surface area contributed by atoms with E-state index in [4.69, 9.17) is 10.7 Å². The van der Waals surface area contributed by atoms with Crippen LogP contribution in [0, 0.1) is 12.7 Å². The van der Waals surface area contributed by atoms with Crippen molar-refractivity contribution in [2.45, 2.75) is 12.7 Å². The molecule has 0 radical (unpaired) electrons. The fourth-order valence-corrected chi connectivity index (χ4v) is 2.14. The van der Waals surface area contributed by atoms with Gasteiger partial charge in [-0.15, -0.1) is 0 Å². The minimum Gasteiger partial charge on any atom is -0.298 e. The van der Waals surface area contributed by atoms with E-state index in [1.54, 1.807) is 0 Å². The van der Waals surface area contributed by atoms with Crippen LogP contribution in [-0.4, -0.2) is 14.7 Å². The highest BCUT2D eigenvalue weighted by molar-refractivity contribution is 8.13. The molecule has 0 spiro atoms. The zero-order valence-electron chi connectivity index (χ0n) is 7.83. The van der Waals surface area contributed by atoms with E-state index in [0.29, 0.717) is 6.29 Å². The van der Waals surface area contributed by atoms with Crippen LogP contribution in [0.5, 0.6) is 0 Å². The molecule has 0 unspecified atom stereocenters. The maximum atomic E-state index is 13.1. The molecular formula is C9H8ClFO3S. The molecule has 0 aromatic heterocycles. The molecule has 1 aromatic rings. The minimum absolute atomic E-state index is 0.0723. The third-order valence-electron chi connectivity index (χ3n) is 1.88. The van der Waals surface area contributed by atoms with E-state index >= 15 is 0 Å². The summed E-state index contributed by atoms with van der Waals surface area (Å²) in [5.41, 5.74) is 0.494. The second-order valence-electron chi connectivity index (χ2n) is 3.10. The Kier molecular flexibility index (Phi) is 3.46. The van der Waals surface area contributed by atoms with Gasteiger partial charge >= 0.3 is 0 Å². The molecule has 1 rings (SSSR count). The van der Waals surface area contributed by atoms with Gasteiger partial charge in [0.25, 0.3) is 0 Å². The summed E-state index contributed by atoms with van der Waals surface area (Å²) in [6, 6.07) is 2.30. The van der Waals surface area contributed by atoms with Gasteiger partial charge in [0.15, 0.2) is 0 Å². The van der Waals surface area contributed by atoms with Crippen LogP contribution in [0.1, 0.15) is 21.5 Å². The van der Waals surface area contributed by atoms with Crippen LogP contribution >= 0.6 is 10.7 Å². The number of rotatable bonds is 3. The molecule has 0 bridgehead atoms. The molecule has 0 N–H and O–H groups in total. The van der Waals surface area contributed by atoms with Crippen LogP contribution < -0.4 is 0 Å².